The van der Waals surface area contributed by atoms with E-state index >= 15 is 0 Å². The van der Waals surface area contributed by atoms with E-state index in [1.165, 1.54) is 4.57 Å². The van der Waals surface area contributed by atoms with Gasteiger partial charge in [0.1, 0.15) is 10.2 Å². The molecule has 0 aromatic carbocycles. The Morgan fingerprint density at radius 1 is 1.35 bits per heavy atom. The standard InChI is InChI=1S/C12H13BrN2O2/c1-12(2,3)17-11(16)15-7-6-8-4-5-9(13)14-10(8)15/h4-7H,1-3H3. The Balaban J connectivity index is 2.42. The van der Waals surface area contributed by atoms with E-state index in [0.717, 1.165) is 5.39 Å². The molecule has 0 saturated carbocycles. The highest BCUT2D eigenvalue weighted by molar-refractivity contribution is 9.10. The summed E-state index contributed by atoms with van der Waals surface area (Å²) in [7, 11) is 0. The number of fused-ring (bicyclic) bond motifs is 1. The molecule has 0 fully saturated rings. The molecule has 0 saturated heterocycles. The molecule has 0 bridgehead atoms. The van der Waals surface area contributed by atoms with Gasteiger partial charge in [0.25, 0.3) is 0 Å². The Bertz CT molecular complexity index is 569. The average Bonchev–Trinajstić information content (AvgIpc) is 2.57. The second kappa shape index (κ2) is 4.14. The van der Waals surface area contributed by atoms with Crippen LogP contribution in [0, 0.1) is 0 Å². The van der Waals surface area contributed by atoms with Crippen LogP contribution in [0.3, 0.4) is 0 Å². The number of hydrogen-bond donors (Lipinski definition) is 0. The summed E-state index contributed by atoms with van der Waals surface area (Å²) in [5, 5.41) is 0.902. The van der Waals surface area contributed by atoms with Gasteiger partial charge >= 0.3 is 6.09 Å². The lowest BCUT2D eigenvalue weighted by molar-refractivity contribution is 0.0543. The third-order valence-corrected chi connectivity index (χ3v) is 2.53. The molecule has 0 aliphatic carbocycles. The number of hydrogen-bond acceptors (Lipinski definition) is 3. The molecule has 0 spiro atoms. The van der Waals surface area contributed by atoms with Crippen LogP contribution < -0.4 is 0 Å². The lowest BCUT2D eigenvalue weighted by Crippen LogP contribution is -2.26. The van der Waals surface area contributed by atoms with Gasteiger partial charge in [-0.2, -0.15) is 0 Å². The molecule has 17 heavy (non-hydrogen) atoms. The van der Waals surface area contributed by atoms with Gasteiger partial charge < -0.3 is 4.74 Å². The van der Waals surface area contributed by atoms with Crippen molar-refractivity contribution in [3.63, 3.8) is 0 Å². The lowest BCUT2D eigenvalue weighted by atomic mass is 10.2. The second-order valence-electron chi connectivity index (χ2n) is 4.71. The third kappa shape index (κ3) is 2.66. The molecule has 4 nitrogen and oxygen atoms in total. The van der Waals surface area contributed by atoms with Crippen LogP contribution in [0.5, 0.6) is 0 Å². The van der Waals surface area contributed by atoms with Gasteiger partial charge in [-0.25, -0.2) is 14.3 Å². The maximum absolute atomic E-state index is 11.9. The van der Waals surface area contributed by atoms with Crippen molar-refractivity contribution in [3.8, 4) is 0 Å². The summed E-state index contributed by atoms with van der Waals surface area (Å²) in [5.41, 5.74) is 0.0771. The molecule has 2 rings (SSSR count). The van der Waals surface area contributed by atoms with Gasteiger partial charge in [0.15, 0.2) is 5.65 Å². The molecular weight excluding hydrogens is 284 g/mol. The van der Waals surface area contributed by atoms with E-state index in [0.29, 0.717) is 10.3 Å². The normalized spacial score (nSPS) is 11.8. The number of aromatic nitrogens is 2. The minimum Gasteiger partial charge on any atom is -0.443 e. The molecule has 0 N–H and O–H groups in total. The molecule has 0 aliphatic rings. The van der Waals surface area contributed by atoms with Crippen molar-refractivity contribution in [2.45, 2.75) is 26.4 Å². The van der Waals surface area contributed by atoms with Gasteiger partial charge in [0.05, 0.1) is 0 Å². The van der Waals surface area contributed by atoms with E-state index in [9.17, 15) is 4.79 Å². The van der Waals surface area contributed by atoms with Crippen LogP contribution in [0.4, 0.5) is 4.79 Å². The van der Waals surface area contributed by atoms with Crippen LogP contribution in [0.1, 0.15) is 20.8 Å². The fourth-order valence-electron chi connectivity index (χ4n) is 1.44. The van der Waals surface area contributed by atoms with Crippen molar-refractivity contribution in [3.05, 3.63) is 29.0 Å². The van der Waals surface area contributed by atoms with Gasteiger partial charge in [-0.15, -0.1) is 0 Å². The van der Waals surface area contributed by atoms with Crippen molar-refractivity contribution in [2.75, 3.05) is 0 Å². The summed E-state index contributed by atoms with van der Waals surface area (Å²) in [4.78, 5) is 16.2. The first kappa shape index (κ1) is 12.1. The van der Waals surface area contributed by atoms with Crippen LogP contribution in [0.2, 0.25) is 0 Å². The topological polar surface area (TPSA) is 44.1 Å². The molecule has 2 aromatic rings. The smallest absolute Gasteiger partial charge is 0.420 e. The largest absolute Gasteiger partial charge is 0.443 e. The fourth-order valence-corrected chi connectivity index (χ4v) is 1.74. The Labute approximate surface area is 108 Å². The predicted molar refractivity (Wildman–Crippen MR) is 69.1 cm³/mol. The molecule has 5 heteroatoms. The van der Waals surface area contributed by atoms with Crippen molar-refractivity contribution < 1.29 is 9.53 Å². The third-order valence-electron chi connectivity index (χ3n) is 2.09. The number of carbonyl (C=O) groups excluding carboxylic acids is 1. The highest BCUT2D eigenvalue weighted by Crippen LogP contribution is 2.18. The maximum Gasteiger partial charge on any atom is 0.420 e. The maximum atomic E-state index is 11.9. The molecule has 0 atom stereocenters. The molecule has 0 aliphatic heterocycles. The summed E-state index contributed by atoms with van der Waals surface area (Å²) in [6, 6.07) is 5.56. The van der Waals surface area contributed by atoms with Crippen molar-refractivity contribution >= 4 is 33.1 Å². The van der Waals surface area contributed by atoms with Gasteiger partial charge in [-0.1, -0.05) is 0 Å². The van der Waals surface area contributed by atoms with Gasteiger partial charge in [-0.3, -0.25) is 0 Å². The number of carbonyl (C=O) groups is 1. The Kier molecular flexibility index (Phi) is 2.95. The Hall–Kier alpha value is -1.36. The first-order valence-corrected chi connectivity index (χ1v) is 6.03. The van der Waals surface area contributed by atoms with Gasteiger partial charge in [0, 0.05) is 11.6 Å². The monoisotopic (exact) mass is 296 g/mol. The lowest BCUT2D eigenvalue weighted by Gasteiger charge is -2.19. The molecule has 2 aromatic heterocycles. The summed E-state index contributed by atoms with van der Waals surface area (Å²) in [6.07, 6.45) is 1.25. The van der Waals surface area contributed by atoms with Crippen LogP contribution in [0.25, 0.3) is 11.0 Å². The van der Waals surface area contributed by atoms with E-state index in [-0.39, 0.29) is 0 Å². The zero-order chi connectivity index (χ0) is 12.6. The van der Waals surface area contributed by atoms with E-state index in [2.05, 4.69) is 20.9 Å². The summed E-state index contributed by atoms with van der Waals surface area (Å²) < 4.78 is 7.40. The van der Waals surface area contributed by atoms with Crippen LogP contribution >= 0.6 is 15.9 Å². The van der Waals surface area contributed by atoms with Crippen LogP contribution in [-0.4, -0.2) is 21.2 Å². The molecule has 0 radical (unpaired) electrons. The first-order valence-electron chi connectivity index (χ1n) is 5.24. The highest BCUT2D eigenvalue weighted by Gasteiger charge is 2.19. The summed E-state index contributed by atoms with van der Waals surface area (Å²) in [5.74, 6) is 0. The number of ether oxygens (including phenoxy) is 1. The van der Waals surface area contributed by atoms with Crippen molar-refractivity contribution in [2.24, 2.45) is 0 Å². The summed E-state index contributed by atoms with van der Waals surface area (Å²) >= 11 is 3.29. The Morgan fingerprint density at radius 3 is 2.71 bits per heavy atom. The average molecular weight is 297 g/mol. The second-order valence-corrected chi connectivity index (χ2v) is 5.53. The number of rotatable bonds is 0. The number of halogens is 1. The molecule has 0 amide bonds. The van der Waals surface area contributed by atoms with E-state index < -0.39 is 11.7 Å². The van der Waals surface area contributed by atoms with Gasteiger partial charge in [-0.05, 0) is 54.9 Å². The quantitative estimate of drug-likeness (QED) is 0.698. The minimum atomic E-state index is -0.514. The van der Waals surface area contributed by atoms with Crippen LogP contribution in [0.15, 0.2) is 29.0 Å². The molecule has 90 valence electrons. The van der Waals surface area contributed by atoms with E-state index in [4.69, 9.17) is 4.74 Å². The van der Waals surface area contributed by atoms with E-state index in [1.807, 2.05) is 39.0 Å². The minimum absolute atomic E-state index is 0.418. The van der Waals surface area contributed by atoms with Crippen LogP contribution in [-0.2, 0) is 4.74 Å². The zero-order valence-electron chi connectivity index (χ0n) is 9.90. The van der Waals surface area contributed by atoms with E-state index in [1.54, 1.807) is 6.20 Å². The number of nitrogens with zero attached hydrogens (tertiary/aromatic N) is 2. The SMILES string of the molecule is CC(C)(C)OC(=O)n1ccc2ccc(Br)nc21. The van der Waals surface area contributed by atoms with Gasteiger partial charge in [0.2, 0.25) is 0 Å². The Morgan fingerprint density at radius 2 is 2.06 bits per heavy atom. The molecular formula is C12H13BrN2O2. The van der Waals surface area contributed by atoms with Crippen molar-refractivity contribution in [1.82, 2.24) is 9.55 Å². The zero-order valence-corrected chi connectivity index (χ0v) is 11.5. The van der Waals surface area contributed by atoms with Crippen molar-refractivity contribution in [1.29, 1.82) is 0 Å². The predicted octanol–water partition coefficient (Wildman–Crippen LogP) is 3.58. The molecule has 0 unspecified atom stereocenters. The fraction of sp³-hybridized carbons (Fsp3) is 0.333. The number of pyridine rings is 1. The summed E-state index contributed by atoms with van der Waals surface area (Å²) in [6.45, 7) is 5.50. The first-order chi connectivity index (χ1) is 7.87. The highest BCUT2D eigenvalue weighted by atomic mass is 79.9. The molecule has 2 heterocycles.